The summed E-state index contributed by atoms with van der Waals surface area (Å²) in [4.78, 5) is 13.3. The van der Waals surface area contributed by atoms with Gasteiger partial charge in [0.05, 0.1) is 12.5 Å². The molecule has 0 aromatic carbocycles. The van der Waals surface area contributed by atoms with Crippen LogP contribution < -0.4 is 5.73 Å². The minimum Gasteiger partial charge on any atom is -0.390 e. The smallest absolute Gasteiger partial charge is 0.221 e. The SMILES string of the molecule is NC(=O)CC(O)C(O)c1ccc(F)nc1F. The Morgan fingerprint density at radius 1 is 1.44 bits per heavy atom. The number of aliphatic hydroxyl groups is 2. The van der Waals surface area contributed by atoms with Gasteiger partial charge in [0.25, 0.3) is 0 Å². The fraction of sp³-hybridized carbons (Fsp3) is 0.333. The van der Waals surface area contributed by atoms with Gasteiger partial charge in [-0.3, -0.25) is 4.79 Å². The highest BCUT2D eigenvalue weighted by molar-refractivity contribution is 5.74. The predicted molar refractivity (Wildman–Crippen MR) is 48.9 cm³/mol. The maximum atomic E-state index is 13.1. The number of carbonyl (C=O) groups is 1. The van der Waals surface area contributed by atoms with Gasteiger partial charge < -0.3 is 15.9 Å². The van der Waals surface area contributed by atoms with Crippen LogP contribution in [0, 0.1) is 11.9 Å². The molecule has 1 heterocycles. The summed E-state index contributed by atoms with van der Waals surface area (Å²) in [6, 6.07) is 1.77. The lowest BCUT2D eigenvalue weighted by molar-refractivity contribution is -0.121. The van der Waals surface area contributed by atoms with Gasteiger partial charge in [0.1, 0.15) is 6.10 Å². The zero-order valence-electron chi connectivity index (χ0n) is 8.10. The first-order chi connectivity index (χ1) is 7.41. The number of hydrogen-bond donors (Lipinski definition) is 3. The number of nitrogens with two attached hydrogens (primary N) is 1. The van der Waals surface area contributed by atoms with E-state index in [1.807, 2.05) is 0 Å². The summed E-state index contributed by atoms with van der Waals surface area (Å²) in [5, 5.41) is 18.7. The Kier molecular flexibility index (Phi) is 3.86. The second kappa shape index (κ2) is 4.95. The van der Waals surface area contributed by atoms with Gasteiger partial charge in [-0.15, -0.1) is 0 Å². The molecule has 0 fully saturated rings. The molecule has 5 nitrogen and oxygen atoms in total. The van der Waals surface area contributed by atoms with Crippen LogP contribution in [-0.2, 0) is 4.79 Å². The first kappa shape index (κ1) is 12.5. The molecular formula is C9H10F2N2O3. The third-order valence-corrected chi connectivity index (χ3v) is 1.94. The molecule has 1 rings (SSSR count). The number of amides is 1. The molecule has 0 aliphatic heterocycles. The van der Waals surface area contributed by atoms with Crippen molar-refractivity contribution in [2.45, 2.75) is 18.6 Å². The summed E-state index contributed by atoms with van der Waals surface area (Å²) in [6.07, 6.45) is -3.77. The lowest BCUT2D eigenvalue weighted by Gasteiger charge is -2.16. The number of carbonyl (C=O) groups excluding carboxylic acids is 1. The van der Waals surface area contributed by atoms with Crippen LogP contribution in [0.25, 0.3) is 0 Å². The molecule has 16 heavy (non-hydrogen) atoms. The number of halogens is 2. The van der Waals surface area contributed by atoms with Crippen LogP contribution in [0.3, 0.4) is 0 Å². The monoisotopic (exact) mass is 232 g/mol. The Balaban J connectivity index is 2.87. The van der Waals surface area contributed by atoms with Crippen LogP contribution in [0.2, 0.25) is 0 Å². The van der Waals surface area contributed by atoms with Gasteiger partial charge in [-0.05, 0) is 12.1 Å². The number of nitrogens with zero attached hydrogens (tertiary/aromatic N) is 1. The molecule has 1 aromatic rings. The van der Waals surface area contributed by atoms with E-state index in [9.17, 15) is 23.8 Å². The van der Waals surface area contributed by atoms with Crippen molar-refractivity contribution in [3.8, 4) is 0 Å². The van der Waals surface area contributed by atoms with Crippen LogP contribution in [-0.4, -0.2) is 27.2 Å². The Hall–Kier alpha value is -1.60. The van der Waals surface area contributed by atoms with Gasteiger partial charge >= 0.3 is 0 Å². The van der Waals surface area contributed by atoms with E-state index < -0.39 is 42.0 Å². The van der Waals surface area contributed by atoms with E-state index >= 15 is 0 Å². The van der Waals surface area contributed by atoms with Crippen molar-refractivity contribution in [2.75, 3.05) is 0 Å². The summed E-state index contributed by atoms with van der Waals surface area (Å²) in [5.74, 6) is -3.13. The predicted octanol–water partition coefficient (Wildman–Crippen LogP) is -0.371. The Morgan fingerprint density at radius 2 is 2.06 bits per heavy atom. The molecule has 0 saturated carbocycles. The minimum atomic E-state index is -1.68. The molecule has 1 amide bonds. The normalized spacial score (nSPS) is 14.5. The maximum Gasteiger partial charge on any atom is 0.221 e. The first-order valence-electron chi connectivity index (χ1n) is 4.38. The average Bonchev–Trinajstić information content (AvgIpc) is 2.15. The summed E-state index contributed by atoms with van der Waals surface area (Å²) < 4.78 is 25.5. The summed E-state index contributed by atoms with van der Waals surface area (Å²) >= 11 is 0. The highest BCUT2D eigenvalue weighted by atomic mass is 19.1. The van der Waals surface area contributed by atoms with E-state index in [0.717, 1.165) is 12.1 Å². The van der Waals surface area contributed by atoms with Crippen LogP contribution in [0.5, 0.6) is 0 Å². The molecule has 1 aromatic heterocycles. The van der Waals surface area contributed by atoms with Crippen molar-refractivity contribution in [1.29, 1.82) is 0 Å². The quantitative estimate of drug-likeness (QED) is 0.617. The highest BCUT2D eigenvalue weighted by Crippen LogP contribution is 2.20. The summed E-state index contributed by atoms with van der Waals surface area (Å²) in [6.45, 7) is 0. The minimum absolute atomic E-state index is 0.393. The zero-order valence-corrected chi connectivity index (χ0v) is 8.10. The summed E-state index contributed by atoms with van der Waals surface area (Å²) in [5.41, 5.74) is 4.40. The van der Waals surface area contributed by atoms with Crippen LogP contribution in [0.4, 0.5) is 8.78 Å². The van der Waals surface area contributed by atoms with Gasteiger partial charge in [0.2, 0.25) is 17.8 Å². The topological polar surface area (TPSA) is 96.4 Å². The van der Waals surface area contributed by atoms with Crippen molar-refractivity contribution in [3.63, 3.8) is 0 Å². The first-order valence-corrected chi connectivity index (χ1v) is 4.38. The number of rotatable bonds is 4. The van der Waals surface area contributed by atoms with E-state index in [1.54, 1.807) is 0 Å². The van der Waals surface area contributed by atoms with Gasteiger partial charge in [-0.2, -0.15) is 13.8 Å². The summed E-state index contributed by atoms with van der Waals surface area (Å²) in [7, 11) is 0. The molecule has 2 unspecified atom stereocenters. The van der Waals surface area contributed by atoms with Crippen LogP contribution in [0.15, 0.2) is 12.1 Å². The van der Waals surface area contributed by atoms with E-state index in [2.05, 4.69) is 4.98 Å². The van der Waals surface area contributed by atoms with Crippen LogP contribution in [0.1, 0.15) is 18.1 Å². The molecule has 0 spiro atoms. The molecule has 4 N–H and O–H groups in total. The highest BCUT2D eigenvalue weighted by Gasteiger charge is 2.23. The number of pyridine rings is 1. The molecule has 88 valence electrons. The Labute approximate surface area is 89.5 Å². The third kappa shape index (κ3) is 2.94. The standard InChI is InChI=1S/C9H10F2N2O3/c10-6-2-1-4(9(11)13-6)8(16)5(14)3-7(12)15/h1-2,5,8,14,16H,3H2,(H2,12,15). The zero-order chi connectivity index (χ0) is 12.3. The maximum absolute atomic E-state index is 13.1. The average molecular weight is 232 g/mol. The molecule has 2 atom stereocenters. The van der Waals surface area contributed by atoms with E-state index in [-0.39, 0.29) is 0 Å². The second-order valence-corrected chi connectivity index (χ2v) is 3.20. The fourth-order valence-electron chi connectivity index (χ4n) is 1.17. The lowest BCUT2D eigenvalue weighted by atomic mass is 10.0. The molecule has 7 heteroatoms. The van der Waals surface area contributed by atoms with Crippen molar-refractivity contribution in [2.24, 2.45) is 5.73 Å². The molecule has 0 saturated heterocycles. The number of aromatic nitrogens is 1. The van der Waals surface area contributed by atoms with Crippen molar-refractivity contribution in [1.82, 2.24) is 4.98 Å². The number of primary amides is 1. The number of aliphatic hydroxyl groups excluding tert-OH is 2. The van der Waals surface area contributed by atoms with Gasteiger partial charge in [-0.25, -0.2) is 0 Å². The molecule has 0 radical (unpaired) electrons. The molecule has 0 aliphatic carbocycles. The van der Waals surface area contributed by atoms with Crippen molar-refractivity contribution >= 4 is 5.91 Å². The lowest BCUT2D eigenvalue weighted by Crippen LogP contribution is -2.26. The fourth-order valence-corrected chi connectivity index (χ4v) is 1.17. The van der Waals surface area contributed by atoms with Crippen LogP contribution >= 0.6 is 0 Å². The molecule has 0 aliphatic rings. The molecule has 0 bridgehead atoms. The second-order valence-electron chi connectivity index (χ2n) is 3.20. The molecular weight excluding hydrogens is 222 g/mol. The largest absolute Gasteiger partial charge is 0.390 e. The third-order valence-electron chi connectivity index (χ3n) is 1.94. The van der Waals surface area contributed by atoms with Gasteiger partial charge in [0.15, 0.2) is 0 Å². The number of hydrogen-bond acceptors (Lipinski definition) is 4. The van der Waals surface area contributed by atoms with Gasteiger partial charge in [0, 0.05) is 5.56 Å². The van der Waals surface area contributed by atoms with Crippen molar-refractivity contribution < 1.29 is 23.8 Å². The van der Waals surface area contributed by atoms with E-state index in [1.165, 1.54) is 0 Å². The van der Waals surface area contributed by atoms with Gasteiger partial charge in [-0.1, -0.05) is 0 Å². The van der Waals surface area contributed by atoms with E-state index in [4.69, 9.17) is 5.73 Å². The Morgan fingerprint density at radius 3 is 2.56 bits per heavy atom. The van der Waals surface area contributed by atoms with Crippen molar-refractivity contribution in [3.05, 3.63) is 29.6 Å². The Bertz CT molecular complexity index is 400. The van der Waals surface area contributed by atoms with E-state index in [0.29, 0.717) is 0 Å².